The van der Waals surface area contributed by atoms with E-state index < -0.39 is 0 Å². The molecule has 3 rings (SSSR count). The summed E-state index contributed by atoms with van der Waals surface area (Å²) in [6, 6.07) is 0.156. The van der Waals surface area contributed by atoms with Gasteiger partial charge in [-0.3, -0.25) is 9.48 Å². The molecule has 106 valence electrons. The lowest BCUT2D eigenvalue weighted by Gasteiger charge is -2.23. The Bertz CT molecular complexity index is 618. The summed E-state index contributed by atoms with van der Waals surface area (Å²) < 4.78 is 1.79. The maximum Gasteiger partial charge on any atom is 0.266 e. The minimum absolute atomic E-state index is 0.105. The van der Waals surface area contributed by atoms with E-state index in [1.807, 2.05) is 24.3 Å². The van der Waals surface area contributed by atoms with Gasteiger partial charge in [-0.15, -0.1) is 11.3 Å². The third-order valence-electron chi connectivity index (χ3n) is 3.69. The van der Waals surface area contributed by atoms with Gasteiger partial charge in [-0.05, 0) is 19.3 Å². The average Bonchev–Trinajstić information content (AvgIpc) is 3.17. The molecule has 0 bridgehead atoms. The van der Waals surface area contributed by atoms with E-state index in [0.717, 1.165) is 41.3 Å². The molecule has 1 saturated heterocycles. The largest absolute Gasteiger partial charge is 0.331 e. The fourth-order valence-corrected chi connectivity index (χ4v) is 3.50. The highest BCUT2D eigenvalue weighted by atomic mass is 32.1. The Labute approximate surface area is 122 Å². The fourth-order valence-electron chi connectivity index (χ4n) is 2.68. The third-order valence-corrected chi connectivity index (χ3v) is 4.82. The summed E-state index contributed by atoms with van der Waals surface area (Å²) in [5.74, 6) is 0.105. The number of aromatic nitrogens is 3. The molecule has 3 heterocycles. The van der Waals surface area contributed by atoms with Crippen molar-refractivity contribution in [2.24, 2.45) is 7.05 Å². The van der Waals surface area contributed by atoms with Crippen molar-refractivity contribution in [3.63, 3.8) is 0 Å². The number of hydrogen-bond donors (Lipinski definition) is 0. The second-order valence-electron chi connectivity index (χ2n) is 5.08. The van der Waals surface area contributed by atoms with Gasteiger partial charge in [0.2, 0.25) is 0 Å². The molecule has 1 fully saturated rings. The van der Waals surface area contributed by atoms with Crippen LogP contribution in [0.15, 0.2) is 18.6 Å². The fraction of sp³-hybridized carbons (Fsp3) is 0.500. The monoisotopic (exact) mass is 290 g/mol. The molecule has 1 amide bonds. The second-order valence-corrected chi connectivity index (χ2v) is 6.19. The molecular weight excluding hydrogens is 272 g/mol. The molecular formula is C14H18N4OS. The molecule has 0 spiro atoms. The van der Waals surface area contributed by atoms with E-state index >= 15 is 0 Å². The number of rotatable bonds is 3. The molecule has 1 aliphatic heterocycles. The highest BCUT2D eigenvalue weighted by Gasteiger charge is 2.32. The molecule has 1 atom stereocenters. The van der Waals surface area contributed by atoms with Gasteiger partial charge in [-0.25, -0.2) is 4.98 Å². The summed E-state index contributed by atoms with van der Waals surface area (Å²) in [6.45, 7) is 2.87. The van der Waals surface area contributed by atoms with Gasteiger partial charge in [0, 0.05) is 25.4 Å². The molecule has 2 aromatic heterocycles. The van der Waals surface area contributed by atoms with Crippen LogP contribution in [0.4, 0.5) is 0 Å². The van der Waals surface area contributed by atoms with Crippen molar-refractivity contribution < 1.29 is 4.79 Å². The molecule has 0 unspecified atom stereocenters. The molecule has 5 nitrogen and oxygen atoms in total. The van der Waals surface area contributed by atoms with Crippen LogP contribution in [0.2, 0.25) is 0 Å². The number of amides is 1. The molecule has 2 aromatic rings. The van der Waals surface area contributed by atoms with E-state index in [9.17, 15) is 4.79 Å². The number of thiazole rings is 1. The minimum atomic E-state index is 0.105. The van der Waals surface area contributed by atoms with Crippen LogP contribution in [0.5, 0.6) is 0 Å². The van der Waals surface area contributed by atoms with E-state index in [1.165, 1.54) is 11.3 Å². The lowest BCUT2D eigenvalue weighted by molar-refractivity contribution is 0.0740. The van der Waals surface area contributed by atoms with Gasteiger partial charge in [0.1, 0.15) is 4.88 Å². The maximum atomic E-state index is 12.6. The highest BCUT2D eigenvalue weighted by molar-refractivity contribution is 7.13. The number of aryl methyl sites for hydroxylation is 2. The Kier molecular flexibility index (Phi) is 3.56. The topological polar surface area (TPSA) is 51.0 Å². The number of likely N-dealkylation sites (tertiary alicyclic amines) is 1. The van der Waals surface area contributed by atoms with Gasteiger partial charge >= 0.3 is 0 Å². The van der Waals surface area contributed by atoms with Crippen LogP contribution in [-0.4, -0.2) is 32.1 Å². The van der Waals surface area contributed by atoms with E-state index in [2.05, 4.69) is 17.0 Å². The molecule has 6 heteroatoms. The van der Waals surface area contributed by atoms with Crippen LogP contribution in [0.25, 0.3) is 0 Å². The summed E-state index contributed by atoms with van der Waals surface area (Å²) in [4.78, 5) is 19.6. The van der Waals surface area contributed by atoms with E-state index in [0.29, 0.717) is 0 Å². The highest BCUT2D eigenvalue weighted by Crippen LogP contribution is 2.33. The minimum Gasteiger partial charge on any atom is -0.331 e. The van der Waals surface area contributed by atoms with Gasteiger partial charge in [0.05, 0.1) is 23.4 Å². The molecule has 0 aromatic carbocycles. The lowest BCUT2D eigenvalue weighted by atomic mass is 10.1. The van der Waals surface area contributed by atoms with E-state index in [-0.39, 0.29) is 11.9 Å². The number of nitrogens with zero attached hydrogens (tertiary/aromatic N) is 4. The normalized spacial score (nSPS) is 18.7. The zero-order chi connectivity index (χ0) is 14.1. The number of carbonyl (C=O) groups is 1. The SMILES string of the molecule is CCc1ncc(C(=O)N2CCC[C@H]2c2cnn(C)c2)s1. The lowest BCUT2D eigenvalue weighted by Crippen LogP contribution is -2.29. The molecule has 1 aliphatic rings. The standard InChI is InChI=1S/C14H18N4OS/c1-3-13-15-8-12(20-13)14(19)18-6-4-5-11(18)10-7-16-17(2)9-10/h7-9,11H,3-6H2,1-2H3/t11-/m0/s1. The molecule has 20 heavy (non-hydrogen) atoms. The number of carbonyl (C=O) groups excluding carboxylic acids is 1. The number of hydrogen-bond acceptors (Lipinski definition) is 4. The van der Waals surface area contributed by atoms with Crippen LogP contribution < -0.4 is 0 Å². The Morgan fingerprint density at radius 3 is 3.00 bits per heavy atom. The summed E-state index contributed by atoms with van der Waals surface area (Å²) in [5.41, 5.74) is 1.12. The Morgan fingerprint density at radius 2 is 2.35 bits per heavy atom. The first-order chi connectivity index (χ1) is 9.69. The quantitative estimate of drug-likeness (QED) is 0.872. The van der Waals surface area contributed by atoms with Crippen LogP contribution in [0, 0.1) is 0 Å². The first kappa shape index (κ1) is 13.3. The Balaban J connectivity index is 1.83. The molecule has 0 saturated carbocycles. The van der Waals surface area contributed by atoms with Crippen molar-refractivity contribution in [2.75, 3.05) is 6.54 Å². The Morgan fingerprint density at radius 1 is 1.50 bits per heavy atom. The third kappa shape index (κ3) is 2.35. The van der Waals surface area contributed by atoms with Crippen LogP contribution in [0.3, 0.4) is 0 Å². The smallest absolute Gasteiger partial charge is 0.266 e. The zero-order valence-corrected chi connectivity index (χ0v) is 12.6. The molecule has 0 N–H and O–H groups in total. The summed E-state index contributed by atoms with van der Waals surface area (Å²) in [6.07, 6.45) is 8.51. The van der Waals surface area contributed by atoms with Crippen molar-refractivity contribution in [1.82, 2.24) is 19.7 Å². The van der Waals surface area contributed by atoms with E-state index in [1.54, 1.807) is 10.9 Å². The maximum absolute atomic E-state index is 12.6. The van der Waals surface area contributed by atoms with Crippen LogP contribution in [-0.2, 0) is 13.5 Å². The van der Waals surface area contributed by atoms with Crippen molar-refractivity contribution in [1.29, 1.82) is 0 Å². The molecule has 0 radical (unpaired) electrons. The first-order valence-electron chi connectivity index (χ1n) is 6.93. The van der Waals surface area contributed by atoms with Gasteiger partial charge < -0.3 is 4.90 Å². The van der Waals surface area contributed by atoms with Gasteiger partial charge in [0.25, 0.3) is 5.91 Å². The summed E-state index contributed by atoms with van der Waals surface area (Å²) >= 11 is 1.51. The Hall–Kier alpha value is -1.69. The predicted molar refractivity (Wildman–Crippen MR) is 77.7 cm³/mol. The van der Waals surface area contributed by atoms with Crippen molar-refractivity contribution in [2.45, 2.75) is 32.2 Å². The predicted octanol–water partition coefficient (Wildman–Crippen LogP) is 2.42. The van der Waals surface area contributed by atoms with Crippen LogP contribution in [0.1, 0.15) is 46.0 Å². The van der Waals surface area contributed by atoms with Crippen molar-refractivity contribution in [3.05, 3.63) is 34.0 Å². The second kappa shape index (κ2) is 5.36. The molecule has 0 aliphatic carbocycles. The summed E-state index contributed by atoms with van der Waals surface area (Å²) in [7, 11) is 1.90. The van der Waals surface area contributed by atoms with Gasteiger partial charge in [-0.1, -0.05) is 6.92 Å². The zero-order valence-electron chi connectivity index (χ0n) is 11.7. The first-order valence-corrected chi connectivity index (χ1v) is 7.75. The van der Waals surface area contributed by atoms with Crippen molar-refractivity contribution >= 4 is 17.2 Å². The van der Waals surface area contributed by atoms with E-state index in [4.69, 9.17) is 0 Å². The van der Waals surface area contributed by atoms with Gasteiger partial charge in [-0.2, -0.15) is 5.10 Å². The van der Waals surface area contributed by atoms with Crippen LogP contribution >= 0.6 is 11.3 Å². The van der Waals surface area contributed by atoms with Crippen molar-refractivity contribution in [3.8, 4) is 0 Å². The van der Waals surface area contributed by atoms with Gasteiger partial charge in [0.15, 0.2) is 0 Å². The average molecular weight is 290 g/mol. The summed E-state index contributed by atoms with van der Waals surface area (Å²) in [5, 5.41) is 5.23.